The van der Waals surface area contributed by atoms with E-state index in [4.69, 9.17) is 34.4 Å². The van der Waals surface area contributed by atoms with Gasteiger partial charge >= 0.3 is 0 Å². The maximum atomic E-state index is 14.7. The molecule has 8 atom stereocenters. The minimum absolute atomic E-state index is 0.0200. The smallest absolute Gasteiger partial charge is 0.245 e. The number of benzene rings is 2. The van der Waals surface area contributed by atoms with Crippen molar-refractivity contribution in [3.8, 4) is 0 Å². The number of nitrogens with zero attached hydrogens (tertiary/aromatic N) is 3. The molecule has 26 nitrogen and oxygen atoms in total. The van der Waals surface area contributed by atoms with Gasteiger partial charge in [0, 0.05) is 38.9 Å². The number of carbonyl (C=O) groups is 10. The van der Waals surface area contributed by atoms with Crippen molar-refractivity contribution in [1.82, 2.24) is 42.1 Å². The summed E-state index contributed by atoms with van der Waals surface area (Å²) in [7, 11) is 0. The van der Waals surface area contributed by atoms with Gasteiger partial charge in [-0.1, -0.05) is 74.5 Å². The first-order chi connectivity index (χ1) is 36.6. The maximum absolute atomic E-state index is 14.7. The van der Waals surface area contributed by atoms with Gasteiger partial charge in [0.15, 0.2) is 11.9 Å². The predicted molar refractivity (Wildman–Crippen MR) is 285 cm³/mol. The predicted octanol–water partition coefficient (Wildman–Crippen LogP) is -3.45. The molecule has 19 N–H and O–H groups in total. The van der Waals surface area contributed by atoms with Crippen molar-refractivity contribution in [3.05, 3.63) is 71.8 Å². The van der Waals surface area contributed by atoms with E-state index < -0.39 is 108 Å². The number of nitrogens with two attached hydrogens (primary N) is 6. The number of carbonyl (C=O) groups excluding carboxylic acids is 10. The average molecular weight is 1070 g/mol. The zero-order valence-corrected chi connectivity index (χ0v) is 43.7. The highest BCUT2D eigenvalue weighted by Gasteiger charge is 2.40. The summed E-state index contributed by atoms with van der Waals surface area (Å²) in [6.07, 6.45) is 1.32. The van der Waals surface area contributed by atoms with Crippen LogP contribution in [0.4, 0.5) is 0 Å². The molecule has 420 valence electrons. The number of aliphatic imine (C=N–C) groups is 2. The van der Waals surface area contributed by atoms with Crippen LogP contribution in [0, 0.1) is 5.92 Å². The van der Waals surface area contributed by atoms with Gasteiger partial charge in [-0.05, 0) is 74.8 Å². The number of hydrogen-bond donors (Lipinski definition) is 13. The number of guanidine groups is 2. The standard InChI is InChI=1S/C51H76N16O10/c1-29(2)25-36(64-47(75)38(27-31-15-7-4-8-16-31)65-44(72)33-20-21-41(69)60-33)45(73)66-37(26-30-13-5-3-6-14-30)46(74)62-34(18-11-23-59-51(56)57)49(77)67-24-12-19-39(67)48(76)61-32(17-9-10-22-58-50(54)55)43(71)63-35(42(53)70)28-40(52)68/h3-8,13-16,29,32-39H,9-12,17-28H2,1-2H3,(H2,52,68)(H2,53,70)(H,60,69)(H,61,76)(H,62,74)(H,63,71)(H,64,75)(H,65,72)(H,66,73)(H4,54,55,58)(H4,56,57,59)/t32-,33-,34-,35-,36-,37-,38-,39-/m0/s1. The monoisotopic (exact) mass is 1070 g/mol. The Morgan fingerprint density at radius 2 is 1.09 bits per heavy atom. The van der Waals surface area contributed by atoms with Crippen molar-refractivity contribution in [2.24, 2.45) is 50.3 Å². The summed E-state index contributed by atoms with van der Waals surface area (Å²) in [5, 5.41) is 18.9. The van der Waals surface area contributed by atoms with E-state index in [0.717, 1.165) is 0 Å². The number of rotatable bonds is 31. The lowest BCUT2D eigenvalue weighted by Gasteiger charge is -2.31. The van der Waals surface area contributed by atoms with E-state index in [1.807, 2.05) is 13.8 Å². The minimum Gasteiger partial charge on any atom is -0.370 e. The third-order valence-electron chi connectivity index (χ3n) is 12.8. The number of unbranched alkanes of at least 4 members (excludes halogenated alkanes) is 1. The lowest BCUT2D eigenvalue weighted by molar-refractivity contribution is -0.142. The van der Waals surface area contributed by atoms with E-state index in [9.17, 15) is 47.9 Å². The van der Waals surface area contributed by atoms with Gasteiger partial charge in [-0.25, -0.2) is 0 Å². The van der Waals surface area contributed by atoms with E-state index in [0.29, 0.717) is 30.4 Å². The molecule has 4 rings (SSSR count). The van der Waals surface area contributed by atoms with E-state index >= 15 is 0 Å². The molecular formula is C51H76N16O10. The van der Waals surface area contributed by atoms with Crippen LogP contribution in [0.25, 0.3) is 0 Å². The number of nitrogens with one attached hydrogen (secondary N) is 7. The van der Waals surface area contributed by atoms with Gasteiger partial charge in [0.05, 0.1) is 6.42 Å². The van der Waals surface area contributed by atoms with E-state index in [1.54, 1.807) is 60.7 Å². The lowest BCUT2D eigenvalue weighted by atomic mass is 9.99. The third-order valence-corrected chi connectivity index (χ3v) is 12.8. The summed E-state index contributed by atoms with van der Waals surface area (Å²) in [6.45, 7) is 4.04. The molecule has 0 bridgehead atoms. The van der Waals surface area contributed by atoms with Gasteiger partial charge in [-0.3, -0.25) is 57.9 Å². The first-order valence-electron chi connectivity index (χ1n) is 25.8. The molecule has 2 fully saturated rings. The van der Waals surface area contributed by atoms with Gasteiger partial charge in [0.1, 0.15) is 48.3 Å². The Balaban J connectivity index is 1.61. The van der Waals surface area contributed by atoms with Crippen LogP contribution < -0.4 is 71.6 Å². The van der Waals surface area contributed by atoms with Gasteiger partial charge in [-0.15, -0.1) is 0 Å². The fourth-order valence-electron chi connectivity index (χ4n) is 8.89. The molecule has 0 spiro atoms. The Bertz CT molecular complexity index is 2430. The number of hydrogen-bond acceptors (Lipinski definition) is 12. The van der Waals surface area contributed by atoms with E-state index in [-0.39, 0.29) is 101 Å². The number of primary amides is 2. The van der Waals surface area contributed by atoms with Gasteiger partial charge < -0.3 is 76.5 Å². The molecular weight excluding hydrogens is 997 g/mol. The zero-order valence-electron chi connectivity index (χ0n) is 43.7. The summed E-state index contributed by atoms with van der Waals surface area (Å²) in [5.41, 5.74) is 34.1. The van der Waals surface area contributed by atoms with E-state index in [1.165, 1.54) is 4.90 Å². The molecule has 0 unspecified atom stereocenters. The van der Waals surface area contributed by atoms with Crippen molar-refractivity contribution in [1.29, 1.82) is 0 Å². The van der Waals surface area contributed by atoms with Gasteiger partial charge in [-0.2, -0.15) is 0 Å². The SMILES string of the molecule is CC(C)C[C@H](NC(=O)[C@H](Cc1ccccc1)NC(=O)[C@@H]1CCC(=O)N1)C(=O)N[C@@H](Cc1ccccc1)C(=O)N[C@@H](CCCN=C(N)N)C(=O)N1CCC[C@H]1C(=O)N[C@@H](CCCCN=C(N)N)C(=O)N[C@@H](CC(N)=O)C(N)=O. The molecule has 77 heavy (non-hydrogen) atoms. The Morgan fingerprint density at radius 1 is 0.597 bits per heavy atom. The quantitative estimate of drug-likeness (QED) is 0.0199. The molecule has 0 saturated carbocycles. The second-order valence-electron chi connectivity index (χ2n) is 19.5. The Hall–Kier alpha value is -8.32. The normalized spacial score (nSPS) is 17.2. The molecule has 26 heteroatoms. The number of amides is 10. The molecule has 0 aromatic heterocycles. The second kappa shape index (κ2) is 30.9. The third kappa shape index (κ3) is 21.1. The van der Waals surface area contributed by atoms with Crippen molar-refractivity contribution in [2.75, 3.05) is 19.6 Å². The highest BCUT2D eigenvalue weighted by atomic mass is 16.2. The van der Waals surface area contributed by atoms with Crippen LogP contribution in [0.15, 0.2) is 70.6 Å². The van der Waals surface area contributed by atoms with Crippen LogP contribution >= 0.6 is 0 Å². The Kier molecular flexibility index (Phi) is 24.6. The van der Waals surface area contributed by atoms with Crippen LogP contribution in [0.3, 0.4) is 0 Å². The van der Waals surface area contributed by atoms with Crippen LogP contribution in [-0.2, 0) is 60.8 Å². The van der Waals surface area contributed by atoms with Crippen LogP contribution in [0.1, 0.15) is 95.6 Å². The first-order valence-corrected chi connectivity index (χ1v) is 25.8. The highest BCUT2D eigenvalue weighted by Crippen LogP contribution is 2.21. The van der Waals surface area contributed by atoms with Crippen LogP contribution in [0.5, 0.6) is 0 Å². The summed E-state index contributed by atoms with van der Waals surface area (Å²) in [6, 6.07) is 7.93. The lowest BCUT2D eigenvalue weighted by Crippen LogP contribution is -2.60. The topological polar surface area (TPSA) is 439 Å². The van der Waals surface area contributed by atoms with Gasteiger partial charge in [0.25, 0.3) is 0 Å². The fraction of sp³-hybridized carbons (Fsp3) is 0.529. The van der Waals surface area contributed by atoms with Crippen molar-refractivity contribution < 1.29 is 47.9 Å². The summed E-state index contributed by atoms with van der Waals surface area (Å²) in [5.74, 6) is -7.71. The molecule has 0 radical (unpaired) electrons. The molecule has 2 aromatic carbocycles. The fourth-order valence-corrected chi connectivity index (χ4v) is 8.89. The van der Waals surface area contributed by atoms with Gasteiger partial charge in [0.2, 0.25) is 59.1 Å². The summed E-state index contributed by atoms with van der Waals surface area (Å²) in [4.78, 5) is 144. The average Bonchev–Trinajstić information content (AvgIpc) is 4.06. The summed E-state index contributed by atoms with van der Waals surface area (Å²) >= 11 is 0. The zero-order chi connectivity index (χ0) is 56.6. The molecule has 2 heterocycles. The molecule has 2 aliphatic heterocycles. The van der Waals surface area contributed by atoms with Crippen LogP contribution in [-0.4, -0.2) is 144 Å². The van der Waals surface area contributed by atoms with Crippen molar-refractivity contribution in [2.45, 2.75) is 146 Å². The Labute approximate surface area is 447 Å². The highest BCUT2D eigenvalue weighted by molar-refractivity contribution is 5.99. The minimum atomic E-state index is -1.48. The second-order valence-corrected chi connectivity index (χ2v) is 19.5. The van der Waals surface area contributed by atoms with E-state index in [2.05, 4.69) is 47.2 Å². The molecule has 0 aliphatic carbocycles. The molecule has 2 aliphatic rings. The molecule has 2 saturated heterocycles. The molecule has 10 amide bonds. The summed E-state index contributed by atoms with van der Waals surface area (Å²) < 4.78 is 0. The maximum Gasteiger partial charge on any atom is 0.245 e. The van der Waals surface area contributed by atoms with Crippen molar-refractivity contribution >= 4 is 71.0 Å². The number of likely N-dealkylation sites (tertiary alicyclic amines) is 1. The first kappa shape index (κ1) is 61.2. The Morgan fingerprint density at radius 3 is 1.62 bits per heavy atom. The largest absolute Gasteiger partial charge is 0.370 e. The molecule has 2 aromatic rings. The van der Waals surface area contributed by atoms with Crippen molar-refractivity contribution in [3.63, 3.8) is 0 Å². The van der Waals surface area contributed by atoms with Crippen LogP contribution in [0.2, 0.25) is 0 Å².